The quantitative estimate of drug-likeness (QED) is 0.687. The summed E-state index contributed by atoms with van der Waals surface area (Å²) in [5.41, 5.74) is -0.121. The average molecular weight is 295 g/mol. The monoisotopic (exact) mass is 295 g/mol. The van der Waals surface area contributed by atoms with Gasteiger partial charge in [0.2, 0.25) is 0 Å². The van der Waals surface area contributed by atoms with E-state index in [0.29, 0.717) is 5.92 Å². The molecule has 1 saturated carbocycles. The Morgan fingerprint density at radius 3 is 2.85 bits per heavy atom. The van der Waals surface area contributed by atoms with E-state index in [-0.39, 0.29) is 12.1 Å². The van der Waals surface area contributed by atoms with E-state index < -0.39 is 0 Å². The summed E-state index contributed by atoms with van der Waals surface area (Å²) in [6.45, 7) is 3.35. The van der Waals surface area contributed by atoms with Crippen molar-refractivity contribution in [2.75, 3.05) is 26.0 Å². The number of aliphatic hydroxyl groups is 1. The molecular formula is C16H25NO2S. The first-order chi connectivity index (χ1) is 9.74. The Morgan fingerprint density at radius 1 is 1.45 bits per heavy atom. The second kappa shape index (κ2) is 7.34. The molecule has 2 N–H and O–H groups in total. The fourth-order valence-corrected chi connectivity index (χ4v) is 3.68. The van der Waals surface area contributed by atoms with Gasteiger partial charge >= 0.3 is 0 Å². The summed E-state index contributed by atoms with van der Waals surface area (Å²) in [7, 11) is 1.69. The third-order valence-corrected chi connectivity index (χ3v) is 5.15. The van der Waals surface area contributed by atoms with Crippen LogP contribution in [0.1, 0.15) is 26.2 Å². The summed E-state index contributed by atoms with van der Waals surface area (Å²) in [5, 5.41) is 13.5. The van der Waals surface area contributed by atoms with E-state index in [9.17, 15) is 5.11 Å². The van der Waals surface area contributed by atoms with Crippen molar-refractivity contribution in [2.24, 2.45) is 5.92 Å². The molecule has 0 saturated heterocycles. The summed E-state index contributed by atoms with van der Waals surface area (Å²) in [6, 6.07) is 8.12. The number of hydrogen-bond donors (Lipinski definition) is 2. The maximum absolute atomic E-state index is 9.89. The van der Waals surface area contributed by atoms with Crippen molar-refractivity contribution in [3.05, 3.63) is 24.3 Å². The van der Waals surface area contributed by atoms with Gasteiger partial charge in [0.05, 0.1) is 19.3 Å². The van der Waals surface area contributed by atoms with Crippen LogP contribution in [0.2, 0.25) is 0 Å². The largest absolute Gasteiger partial charge is 0.497 e. The summed E-state index contributed by atoms with van der Waals surface area (Å²) >= 11 is 1.80. The van der Waals surface area contributed by atoms with E-state index in [1.807, 2.05) is 12.1 Å². The van der Waals surface area contributed by atoms with Crippen LogP contribution in [0, 0.1) is 5.92 Å². The fraction of sp³-hybridized carbons (Fsp3) is 0.625. The summed E-state index contributed by atoms with van der Waals surface area (Å²) < 4.78 is 5.26. The Bertz CT molecular complexity index is 423. The van der Waals surface area contributed by atoms with Crippen LogP contribution in [0.3, 0.4) is 0 Å². The lowest BCUT2D eigenvalue weighted by Crippen LogP contribution is -2.53. The lowest BCUT2D eigenvalue weighted by molar-refractivity contribution is 0.159. The van der Waals surface area contributed by atoms with Crippen LogP contribution >= 0.6 is 11.8 Å². The number of rotatable bonds is 9. The maximum atomic E-state index is 9.89. The average Bonchev–Trinajstić information content (AvgIpc) is 3.33. The highest BCUT2D eigenvalue weighted by Gasteiger charge is 2.44. The van der Waals surface area contributed by atoms with Gasteiger partial charge in [-0.3, -0.25) is 0 Å². The zero-order valence-corrected chi connectivity index (χ0v) is 13.2. The Kier molecular flexibility index (Phi) is 5.75. The van der Waals surface area contributed by atoms with Gasteiger partial charge in [-0.15, -0.1) is 11.8 Å². The molecule has 1 fully saturated rings. The molecule has 0 aromatic heterocycles. The zero-order valence-electron chi connectivity index (χ0n) is 12.4. The van der Waals surface area contributed by atoms with Crippen LogP contribution in [-0.2, 0) is 0 Å². The molecule has 3 nitrogen and oxygen atoms in total. The highest BCUT2D eigenvalue weighted by molar-refractivity contribution is 7.99. The molecule has 4 heteroatoms. The molecule has 0 radical (unpaired) electrons. The minimum absolute atomic E-state index is 0.121. The van der Waals surface area contributed by atoms with Gasteiger partial charge in [-0.2, -0.15) is 0 Å². The highest BCUT2D eigenvalue weighted by Crippen LogP contribution is 2.42. The molecule has 2 rings (SSSR count). The summed E-state index contributed by atoms with van der Waals surface area (Å²) in [4.78, 5) is 1.20. The first-order valence-electron chi connectivity index (χ1n) is 7.37. The van der Waals surface area contributed by atoms with Gasteiger partial charge in [0.25, 0.3) is 0 Å². The molecule has 0 bridgehead atoms. The molecule has 1 aliphatic rings. The third-order valence-electron chi connectivity index (χ3n) is 3.91. The topological polar surface area (TPSA) is 41.5 Å². The van der Waals surface area contributed by atoms with Crippen molar-refractivity contribution in [2.45, 2.75) is 36.6 Å². The molecule has 1 aromatic carbocycles. The lowest BCUT2D eigenvalue weighted by atomic mass is 9.96. The minimum atomic E-state index is -0.121. The van der Waals surface area contributed by atoms with Gasteiger partial charge in [-0.05, 0) is 49.9 Å². The number of ether oxygens (including phenoxy) is 1. The highest BCUT2D eigenvalue weighted by atomic mass is 32.2. The molecule has 0 heterocycles. The molecule has 0 spiro atoms. The zero-order chi connectivity index (χ0) is 14.4. The number of benzene rings is 1. The van der Waals surface area contributed by atoms with Crippen molar-refractivity contribution in [3.8, 4) is 5.75 Å². The molecule has 0 amide bonds. The van der Waals surface area contributed by atoms with Crippen molar-refractivity contribution >= 4 is 11.8 Å². The second-order valence-corrected chi connectivity index (χ2v) is 6.53. The second-order valence-electron chi connectivity index (χ2n) is 5.48. The van der Waals surface area contributed by atoms with Crippen molar-refractivity contribution in [3.63, 3.8) is 0 Å². The number of hydrogen-bond acceptors (Lipinski definition) is 4. The number of aliphatic hydroxyl groups excluding tert-OH is 1. The Morgan fingerprint density at radius 2 is 2.25 bits per heavy atom. The standard InChI is InChI=1S/C16H25NO2S/c1-3-9-17-16(11-18,13-7-8-13)12-20-15-6-4-5-14(10-15)19-2/h4-6,10,13,17-18H,3,7-9,11-12H2,1-2H3. The van der Waals surface area contributed by atoms with Gasteiger partial charge in [0, 0.05) is 10.6 Å². The van der Waals surface area contributed by atoms with Gasteiger partial charge in [0.1, 0.15) is 5.75 Å². The van der Waals surface area contributed by atoms with Crippen molar-refractivity contribution in [1.82, 2.24) is 5.32 Å². The van der Waals surface area contributed by atoms with Crippen LogP contribution in [-0.4, -0.2) is 36.7 Å². The molecule has 1 atom stereocenters. The van der Waals surface area contributed by atoms with Crippen LogP contribution in [0.5, 0.6) is 5.75 Å². The van der Waals surface area contributed by atoms with E-state index in [1.54, 1.807) is 18.9 Å². The summed E-state index contributed by atoms with van der Waals surface area (Å²) in [5.74, 6) is 2.41. The normalized spacial score (nSPS) is 17.8. The van der Waals surface area contributed by atoms with Crippen LogP contribution in [0.15, 0.2) is 29.2 Å². The predicted octanol–water partition coefficient (Wildman–Crippen LogP) is 2.93. The van der Waals surface area contributed by atoms with E-state index in [1.165, 1.54) is 17.7 Å². The van der Waals surface area contributed by atoms with Crippen LogP contribution < -0.4 is 10.1 Å². The number of methoxy groups -OCH3 is 1. The number of thioether (sulfide) groups is 1. The van der Waals surface area contributed by atoms with Crippen molar-refractivity contribution in [1.29, 1.82) is 0 Å². The third kappa shape index (κ3) is 3.90. The molecular weight excluding hydrogens is 270 g/mol. The van der Waals surface area contributed by atoms with Gasteiger partial charge < -0.3 is 15.2 Å². The molecule has 1 aromatic rings. The SMILES string of the molecule is CCCNC(CO)(CSc1cccc(OC)c1)C1CC1. The summed E-state index contributed by atoms with van der Waals surface area (Å²) in [6.07, 6.45) is 3.56. The van der Waals surface area contributed by atoms with Gasteiger partial charge in [-0.25, -0.2) is 0 Å². The van der Waals surface area contributed by atoms with E-state index >= 15 is 0 Å². The molecule has 112 valence electrons. The first kappa shape index (κ1) is 15.7. The Balaban J connectivity index is 2.00. The molecule has 20 heavy (non-hydrogen) atoms. The maximum Gasteiger partial charge on any atom is 0.119 e. The number of nitrogens with one attached hydrogen (secondary N) is 1. The van der Waals surface area contributed by atoms with E-state index in [0.717, 1.165) is 24.5 Å². The van der Waals surface area contributed by atoms with Crippen molar-refractivity contribution < 1.29 is 9.84 Å². The lowest BCUT2D eigenvalue weighted by Gasteiger charge is -2.33. The Hall–Kier alpha value is -0.710. The van der Waals surface area contributed by atoms with Crippen LogP contribution in [0.4, 0.5) is 0 Å². The van der Waals surface area contributed by atoms with Gasteiger partial charge in [-0.1, -0.05) is 13.0 Å². The Labute approximate surface area is 126 Å². The van der Waals surface area contributed by atoms with E-state index in [4.69, 9.17) is 4.74 Å². The molecule has 0 aliphatic heterocycles. The molecule has 1 aliphatic carbocycles. The van der Waals surface area contributed by atoms with Gasteiger partial charge in [0.15, 0.2) is 0 Å². The first-order valence-corrected chi connectivity index (χ1v) is 8.35. The van der Waals surface area contributed by atoms with Crippen LogP contribution in [0.25, 0.3) is 0 Å². The van der Waals surface area contributed by atoms with E-state index in [2.05, 4.69) is 24.4 Å². The predicted molar refractivity (Wildman–Crippen MR) is 84.6 cm³/mol. The smallest absolute Gasteiger partial charge is 0.119 e. The molecule has 1 unspecified atom stereocenters. The fourth-order valence-electron chi connectivity index (χ4n) is 2.46. The minimum Gasteiger partial charge on any atom is -0.497 e.